The van der Waals surface area contributed by atoms with Crippen molar-refractivity contribution >= 4 is 29.1 Å². The number of carbonyl (C=O) groups excluding carboxylic acids is 1. The Labute approximate surface area is 159 Å². The second-order valence-electron chi connectivity index (χ2n) is 6.39. The fourth-order valence-corrected chi connectivity index (χ4v) is 3.26. The van der Waals surface area contributed by atoms with Crippen molar-refractivity contribution in [1.82, 2.24) is 5.32 Å². The van der Waals surface area contributed by atoms with Crippen molar-refractivity contribution in [2.75, 3.05) is 19.8 Å². The van der Waals surface area contributed by atoms with Gasteiger partial charge in [0.25, 0.3) is 5.91 Å². The molecule has 1 amide bonds. The Morgan fingerprint density at radius 2 is 1.88 bits per heavy atom. The lowest BCUT2D eigenvalue weighted by Gasteiger charge is -2.38. The van der Waals surface area contributed by atoms with E-state index in [9.17, 15) is 4.79 Å². The molecule has 0 aromatic heterocycles. The number of benzene rings is 1. The summed E-state index contributed by atoms with van der Waals surface area (Å²) in [5.74, 6) is -0.247. The van der Waals surface area contributed by atoms with Crippen LogP contribution in [0.1, 0.15) is 25.3 Å². The molecule has 2 rings (SSSR count). The number of allylic oxidation sites excluding steroid dienone is 2. The number of amides is 1. The highest BCUT2D eigenvalue weighted by atomic mass is 35.5. The summed E-state index contributed by atoms with van der Waals surface area (Å²) in [5.41, 5.74) is 2.05. The van der Waals surface area contributed by atoms with Gasteiger partial charge in [-0.2, -0.15) is 0 Å². The molecule has 5 heteroatoms. The summed E-state index contributed by atoms with van der Waals surface area (Å²) in [6, 6.07) is 7.79. The van der Waals surface area contributed by atoms with Crippen LogP contribution in [0.5, 0.6) is 0 Å². The predicted octanol–water partition coefficient (Wildman–Crippen LogP) is 4.76. The van der Waals surface area contributed by atoms with Crippen LogP contribution in [0.3, 0.4) is 0 Å². The maximum atomic E-state index is 12.6. The average molecular weight is 380 g/mol. The van der Waals surface area contributed by atoms with E-state index in [1.165, 1.54) is 0 Å². The highest BCUT2D eigenvalue weighted by Gasteiger charge is 2.35. The number of carbonyl (C=O) groups is 1. The quantitative estimate of drug-likeness (QED) is 0.571. The summed E-state index contributed by atoms with van der Waals surface area (Å²) in [6.07, 6.45) is 3.30. The smallest absolute Gasteiger partial charge is 0.252 e. The van der Waals surface area contributed by atoms with E-state index in [0.29, 0.717) is 30.4 Å². The number of hydrogen-bond donors (Lipinski definition) is 1. The minimum absolute atomic E-state index is 0.180. The van der Waals surface area contributed by atoms with Crippen LogP contribution in [0.25, 0.3) is 0 Å². The number of rotatable bonds is 6. The van der Waals surface area contributed by atoms with Crippen molar-refractivity contribution in [3.63, 3.8) is 0 Å². The molecule has 1 aliphatic rings. The molecule has 0 bridgehead atoms. The first-order chi connectivity index (χ1) is 11.8. The van der Waals surface area contributed by atoms with E-state index in [2.05, 4.69) is 18.5 Å². The molecule has 1 aromatic rings. The van der Waals surface area contributed by atoms with Gasteiger partial charge in [-0.15, -0.1) is 0 Å². The zero-order valence-electron chi connectivity index (χ0n) is 14.4. The molecule has 25 heavy (non-hydrogen) atoms. The highest BCUT2D eigenvalue weighted by molar-refractivity contribution is 6.35. The summed E-state index contributed by atoms with van der Waals surface area (Å²) in [6.45, 7) is 11.1. The van der Waals surface area contributed by atoms with Crippen molar-refractivity contribution in [3.05, 3.63) is 70.3 Å². The van der Waals surface area contributed by atoms with Gasteiger partial charge >= 0.3 is 0 Å². The molecule has 1 aliphatic heterocycles. The number of ether oxygens (including phenoxy) is 1. The average Bonchev–Trinajstić information content (AvgIpc) is 2.58. The lowest BCUT2D eigenvalue weighted by atomic mass is 9.74. The summed E-state index contributed by atoms with van der Waals surface area (Å²) < 4.78 is 5.52. The van der Waals surface area contributed by atoms with E-state index in [1.54, 1.807) is 13.0 Å². The van der Waals surface area contributed by atoms with Gasteiger partial charge < -0.3 is 10.1 Å². The Bertz CT molecular complexity index is 686. The molecule has 0 aliphatic carbocycles. The third-order valence-corrected chi connectivity index (χ3v) is 4.88. The fraction of sp³-hybridized carbons (Fsp3) is 0.350. The zero-order chi connectivity index (χ0) is 18.4. The normalized spacial score (nSPS) is 17.0. The molecule has 0 saturated carbocycles. The Balaban J connectivity index is 2.20. The van der Waals surface area contributed by atoms with Gasteiger partial charge in [-0.25, -0.2) is 0 Å². The van der Waals surface area contributed by atoms with E-state index >= 15 is 0 Å². The lowest BCUT2D eigenvalue weighted by molar-refractivity contribution is -0.117. The minimum Gasteiger partial charge on any atom is -0.381 e. The van der Waals surface area contributed by atoms with Gasteiger partial charge in [-0.3, -0.25) is 4.79 Å². The summed E-state index contributed by atoms with van der Waals surface area (Å²) in [5, 5.41) is 3.91. The van der Waals surface area contributed by atoms with Crippen LogP contribution >= 0.6 is 23.2 Å². The highest BCUT2D eigenvalue weighted by Crippen LogP contribution is 2.35. The Kier molecular flexibility index (Phi) is 6.88. The van der Waals surface area contributed by atoms with Crippen LogP contribution in [0.15, 0.2) is 59.7 Å². The summed E-state index contributed by atoms with van der Waals surface area (Å²) in [4.78, 5) is 12.6. The molecule has 0 unspecified atom stereocenters. The molecule has 3 nitrogen and oxygen atoms in total. The van der Waals surface area contributed by atoms with E-state index in [-0.39, 0.29) is 16.4 Å². The van der Waals surface area contributed by atoms with Gasteiger partial charge in [0.1, 0.15) is 0 Å². The molecule has 0 spiro atoms. The maximum Gasteiger partial charge on any atom is 0.252 e. The molecule has 0 atom stereocenters. The van der Waals surface area contributed by atoms with E-state index < -0.39 is 0 Å². The molecule has 1 N–H and O–H groups in total. The predicted molar refractivity (Wildman–Crippen MR) is 104 cm³/mol. The number of hydrogen-bond acceptors (Lipinski definition) is 2. The van der Waals surface area contributed by atoms with E-state index in [1.807, 2.05) is 24.3 Å². The topological polar surface area (TPSA) is 38.3 Å². The lowest BCUT2D eigenvalue weighted by Crippen LogP contribution is -2.45. The summed E-state index contributed by atoms with van der Waals surface area (Å²) >= 11 is 12.0. The van der Waals surface area contributed by atoms with Crippen molar-refractivity contribution in [1.29, 1.82) is 0 Å². The zero-order valence-corrected chi connectivity index (χ0v) is 15.9. The first-order valence-electron chi connectivity index (χ1n) is 8.18. The fourth-order valence-electron chi connectivity index (χ4n) is 2.99. The van der Waals surface area contributed by atoms with Crippen molar-refractivity contribution in [2.24, 2.45) is 0 Å². The van der Waals surface area contributed by atoms with E-state index in [0.717, 1.165) is 24.0 Å². The summed E-state index contributed by atoms with van der Waals surface area (Å²) in [7, 11) is 0. The largest absolute Gasteiger partial charge is 0.381 e. The molecule has 0 radical (unpaired) electrons. The van der Waals surface area contributed by atoms with Gasteiger partial charge in [0.2, 0.25) is 0 Å². The third-order valence-electron chi connectivity index (χ3n) is 4.42. The van der Waals surface area contributed by atoms with Crippen LogP contribution in [-0.4, -0.2) is 25.7 Å². The van der Waals surface area contributed by atoms with Gasteiger partial charge in [-0.1, -0.05) is 54.1 Å². The van der Waals surface area contributed by atoms with Crippen LogP contribution in [0.4, 0.5) is 0 Å². The second-order valence-corrected chi connectivity index (χ2v) is 7.28. The molecule has 1 heterocycles. The first-order valence-corrected chi connectivity index (χ1v) is 8.94. The van der Waals surface area contributed by atoms with Crippen molar-refractivity contribution in [2.45, 2.75) is 25.2 Å². The van der Waals surface area contributed by atoms with Crippen molar-refractivity contribution in [3.8, 4) is 0 Å². The second kappa shape index (κ2) is 8.70. The minimum atomic E-state index is -0.247. The van der Waals surface area contributed by atoms with Crippen LogP contribution in [0, 0.1) is 0 Å². The third kappa shape index (κ3) is 5.21. The van der Waals surface area contributed by atoms with Gasteiger partial charge in [0.05, 0.1) is 5.57 Å². The van der Waals surface area contributed by atoms with Crippen LogP contribution in [0.2, 0.25) is 5.02 Å². The SMILES string of the molecule is C=C(C)/C=C(\C(=C)Cl)C(=O)NCC1(c2ccc(Cl)cc2)CCOCC1. The van der Waals surface area contributed by atoms with Crippen molar-refractivity contribution < 1.29 is 9.53 Å². The van der Waals surface area contributed by atoms with Crippen LogP contribution < -0.4 is 5.32 Å². The number of halogens is 2. The monoisotopic (exact) mass is 379 g/mol. The number of nitrogens with one attached hydrogen (secondary N) is 1. The maximum absolute atomic E-state index is 12.6. The van der Waals surface area contributed by atoms with Crippen LogP contribution in [-0.2, 0) is 14.9 Å². The standard InChI is InChI=1S/C20H23Cl2NO2/c1-14(2)12-18(15(3)21)19(24)23-13-20(8-10-25-11-9-20)16-4-6-17(22)7-5-16/h4-7,12H,1,3,8-11,13H2,2H3,(H,23,24)/b18-12+. The molecule has 134 valence electrons. The Morgan fingerprint density at radius 1 is 1.28 bits per heavy atom. The van der Waals surface area contributed by atoms with Gasteiger partial charge in [0, 0.05) is 35.2 Å². The molecular weight excluding hydrogens is 357 g/mol. The Hall–Kier alpha value is -1.55. The molecule has 1 aromatic carbocycles. The molecule has 1 saturated heterocycles. The van der Waals surface area contributed by atoms with E-state index in [4.69, 9.17) is 27.9 Å². The molecular formula is C20H23Cl2NO2. The van der Waals surface area contributed by atoms with Gasteiger partial charge in [0.15, 0.2) is 0 Å². The Morgan fingerprint density at radius 3 is 2.40 bits per heavy atom. The first kappa shape index (κ1) is 19.8. The molecule has 1 fully saturated rings. The van der Waals surface area contributed by atoms with Gasteiger partial charge in [-0.05, 0) is 43.5 Å².